The Morgan fingerprint density at radius 1 is 0.761 bits per heavy atom. The van der Waals surface area contributed by atoms with E-state index in [-0.39, 0.29) is 25.0 Å². The van der Waals surface area contributed by atoms with Gasteiger partial charge in [0.2, 0.25) is 17.7 Å². The quantitative estimate of drug-likeness (QED) is 0.0688. The first-order valence-corrected chi connectivity index (χ1v) is 15.5. The standard InChI is InChI=1S/C35H42N6O5/c36-17-7-6-10-26(22-42)39-34(45)32(20-25-21-38-30-12-5-4-11-28(25)30)41-35(46)31(19-24-13-15-27(43)16-14-24)40-33(44)29(37)18-23-8-2-1-3-9-23/h1-5,8-9,11-16,21-22,26,29,31-32,38,43H,6-7,10,17-20,36-37H2,(H,39,45)(H,40,44)(H,41,46)/t26-,29-,31-,32+/m0/s1. The van der Waals surface area contributed by atoms with Crippen LogP contribution in [-0.2, 0) is 38.4 Å². The molecule has 0 fully saturated rings. The number of aromatic nitrogens is 1. The fourth-order valence-electron chi connectivity index (χ4n) is 5.28. The van der Waals surface area contributed by atoms with Gasteiger partial charge in [-0.1, -0.05) is 60.7 Å². The molecule has 0 radical (unpaired) electrons. The van der Waals surface area contributed by atoms with Crippen LogP contribution in [-0.4, -0.2) is 64.8 Å². The van der Waals surface area contributed by atoms with Gasteiger partial charge in [0.15, 0.2) is 0 Å². The lowest BCUT2D eigenvalue weighted by molar-refractivity contribution is -0.133. The number of aromatic hydroxyl groups is 1. The first-order valence-electron chi connectivity index (χ1n) is 15.5. The normalized spacial score (nSPS) is 13.7. The first kappa shape index (κ1) is 33.9. The molecule has 4 rings (SSSR count). The van der Waals surface area contributed by atoms with Crippen molar-refractivity contribution in [2.24, 2.45) is 11.5 Å². The average molecular weight is 627 g/mol. The Bertz CT molecular complexity index is 1590. The van der Waals surface area contributed by atoms with Crippen LogP contribution in [0.3, 0.4) is 0 Å². The second-order valence-electron chi connectivity index (χ2n) is 11.4. The van der Waals surface area contributed by atoms with Crippen LogP contribution >= 0.6 is 0 Å². The van der Waals surface area contributed by atoms with E-state index in [2.05, 4.69) is 20.9 Å². The number of fused-ring (bicyclic) bond motifs is 1. The van der Waals surface area contributed by atoms with Gasteiger partial charge in [0.25, 0.3) is 0 Å². The van der Waals surface area contributed by atoms with Crippen LogP contribution in [0.25, 0.3) is 10.9 Å². The maximum Gasteiger partial charge on any atom is 0.243 e. The number of unbranched alkanes of at least 4 members (excludes halogenated alkanes) is 1. The number of H-pyrrole nitrogens is 1. The van der Waals surface area contributed by atoms with Crippen molar-refractivity contribution in [2.75, 3.05) is 6.54 Å². The van der Waals surface area contributed by atoms with E-state index >= 15 is 0 Å². The Morgan fingerprint density at radius 3 is 2.11 bits per heavy atom. The number of amides is 3. The van der Waals surface area contributed by atoms with E-state index in [0.29, 0.717) is 37.7 Å². The Kier molecular flexibility index (Phi) is 12.4. The van der Waals surface area contributed by atoms with Gasteiger partial charge in [0, 0.05) is 29.9 Å². The van der Waals surface area contributed by atoms with Crippen molar-refractivity contribution in [3.8, 4) is 5.75 Å². The molecule has 4 aromatic rings. The van der Waals surface area contributed by atoms with Crippen molar-refractivity contribution in [1.82, 2.24) is 20.9 Å². The van der Waals surface area contributed by atoms with Crippen LogP contribution in [0.5, 0.6) is 5.75 Å². The monoisotopic (exact) mass is 626 g/mol. The molecule has 0 aliphatic rings. The van der Waals surface area contributed by atoms with Crippen LogP contribution in [0.1, 0.15) is 36.0 Å². The zero-order valence-electron chi connectivity index (χ0n) is 25.7. The number of aldehydes is 1. The number of aromatic amines is 1. The fourth-order valence-corrected chi connectivity index (χ4v) is 5.28. The number of phenolic OH excluding ortho intramolecular Hbond substituents is 1. The molecule has 0 aliphatic carbocycles. The summed E-state index contributed by atoms with van der Waals surface area (Å²) in [6.07, 6.45) is 4.72. The van der Waals surface area contributed by atoms with E-state index in [1.54, 1.807) is 18.3 Å². The summed E-state index contributed by atoms with van der Waals surface area (Å²) in [6, 6.07) is 19.4. The molecule has 242 valence electrons. The van der Waals surface area contributed by atoms with Crippen molar-refractivity contribution in [2.45, 2.75) is 62.7 Å². The summed E-state index contributed by atoms with van der Waals surface area (Å²) in [5.41, 5.74) is 15.0. The molecule has 0 saturated heterocycles. The lowest BCUT2D eigenvalue weighted by Gasteiger charge is -2.25. The SMILES string of the molecule is NCCCC[C@@H](C=O)NC(=O)[C@@H](Cc1c[nH]c2ccccc12)NC(=O)[C@H](Cc1ccc(O)cc1)NC(=O)[C@@H](N)Cc1ccccc1. The van der Waals surface area contributed by atoms with Crippen molar-refractivity contribution < 1.29 is 24.3 Å². The van der Waals surface area contributed by atoms with E-state index in [4.69, 9.17) is 11.5 Å². The van der Waals surface area contributed by atoms with Gasteiger partial charge in [-0.25, -0.2) is 0 Å². The smallest absolute Gasteiger partial charge is 0.243 e. The summed E-state index contributed by atoms with van der Waals surface area (Å²) >= 11 is 0. The summed E-state index contributed by atoms with van der Waals surface area (Å²) in [5, 5.41) is 19.0. The largest absolute Gasteiger partial charge is 0.508 e. The third-order valence-corrected chi connectivity index (χ3v) is 7.84. The molecule has 0 saturated carbocycles. The molecule has 9 N–H and O–H groups in total. The molecule has 11 nitrogen and oxygen atoms in total. The molecule has 0 unspecified atom stereocenters. The predicted octanol–water partition coefficient (Wildman–Crippen LogP) is 2.01. The van der Waals surface area contributed by atoms with Gasteiger partial charge in [-0.2, -0.15) is 0 Å². The number of para-hydroxylation sites is 1. The second kappa shape index (κ2) is 16.9. The summed E-state index contributed by atoms with van der Waals surface area (Å²) in [5.74, 6) is -1.59. The number of carbonyl (C=O) groups is 4. The molecule has 0 bridgehead atoms. The van der Waals surface area contributed by atoms with Gasteiger partial charge in [-0.05, 0) is 67.1 Å². The predicted molar refractivity (Wildman–Crippen MR) is 177 cm³/mol. The van der Waals surface area contributed by atoms with Crippen LogP contribution in [0.2, 0.25) is 0 Å². The zero-order valence-corrected chi connectivity index (χ0v) is 25.7. The number of hydrogen-bond donors (Lipinski definition) is 7. The topological polar surface area (TPSA) is 192 Å². The summed E-state index contributed by atoms with van der Waals surface area (Å²) < 4.78 is 0. The number of nitrogens with one attached hydrogen (secondary N) is 4. The van der Waals surface area contributed by atoms with Gasteiger partial charge in [-0.3, -0.25) is 14.4 Å². The van der Waals surface area contributed by atoms with E-state index in [1.165, 1.54) is 12.1 Å². The Morgan fingerprint density at radius 2 is 1.39 bits per heavy atom. The van der Waals surface area contributed by atoms with Crippen molar-refractivity contribution in [1.29, 1.82) is 0 Å². The van der Waals surface area contributed by atoms with Gasteiger partial charge in [-0.15, -0.1) is 0 Å². The highest BCUT2D eigenvalue weighted by molar-refractivity contribution is 5.94. The zero-order chi connectivity index (χ0) is 32.9. The molecule has 0 aliphatic heterocycles. The molecule has 4 atom stereocenters. The first-order chi connectivity index (χ1) is 22.3. The minimum atomic E-state index is -1.09. The number of hydrogen-bond acceptors (Lipinski definition) is 7. The summed E-state index contributed by atoms with van der Waals surface area (Å²) in [6.45, 7) is 0.474. The van der Waals surface area contributed by atoms with Crippen molar-refractivity contribution in [3.63, 3.8) is 0 Å². The molecule has 1 aromatic heterocycles. The molecule has 1 heterocycles. The van der Waals surface area contributed by atoms with E-state index in [1.807, 2.05) is 54.6 Å². The number of phenols is 1. The van der Waals surface area contributed by atoms with Gasteiger partial charge in [0.1, 0.15) is 24.1 Å². The lowest BCUT2D eigenvalue weighted by atomic mass is 10.0. The highest BCUT2D eigenvalue weighted by Gasteiger charge is 2.30. The Hall–Kier alpha value is -5.00. The maximum absolute atomic E-state index is 13.9. The number of benzene rings is 3. The van der Waals surface area contributed by atoms with E-state index in [9.17, 15) is 24.3 Å². The van der Waals surface area contributed by atoms with Crippen molar-refractivity contribution >= 4 is 34.9 Å². The van der Waals surface area contributed by atoms with Crippen molar-refractivity contribution in [3.05, 3.63) is 102 Å². The van der Waals surface area contributed by atoms with Gasteiger partial charge >= 0.3 is 0 Å². The molecule has 3 aromatic carbocycles. The lowest BCUT2D eigenvalue weighted by Crippen LogP contribution is -2.58. The molecular weight excluding hydrogens is 584 g/mol. The second-order valence-corrected chi connectivity index (χ2v) is 11.4. The highest BCUT2D eigenvalue weighted by atomic mass is 16.3. The molecule has 11 heteroatoms. The van der Waals surface area contributed by atoms with Crippen LogP contribution < -0.4 is 27.4 Å². The van der Waals surface area contributed by atoms with E-state index < -0.39 is 41.9 Å². The average Bonchev–Trinajstić information content (AvgIpc) is 3.47. The highest BCUT2D eigenvalue weighted by Crippen LogP contribution is 2.20. The van der Waals surface area contributed by atoms with Crippen LogP contribution in [0.15, 0.2) is 85.1 Å². The Labute approximate surface area is 268 Å². The fraction of sp³-hybridized carbons (Fsp3) is 0.314. The molecule has 46 heavy (non-hydrogen) atoms. The number of nitrogens with two attached hydrogens (primary N) is 2. The molecule has 0 spiro atoms. The molecule has 3 amide bonds. The third-order valence-electron chi connectivity index (χ3n) is 7.84. The number of carbonyl (C=O) groups excluding carboxylic acids is 4. The van der Waals surface area contributed by atoms with E-state index in [0.717, 1.165) is 22.0 Å². The number of rotatable bonds is 17. The molecular formula is C35H42N6O5. The minimum Gasteiger partial charge on any atom is -0.508 e. The minimum absolute atomic E-state index is 0.0605. The Balaban J connectivity index is 1.57. The van der Waals surface area contributed by atoms with Crippen LogP contribution in [0.4, 0.5) is 0 Å². The summed E-state index contributed by atoms with van der Waals surface area (Å²) in [7, 11) is 0. The maximum atomic E-state index is 13.9. The van der Waals surface area contributed by atoms with Gasteiger partial charge < -0.3 is 42.3 Å². The van der Waals surface area contributed by atoms with Crippen LogP contribution in [0, 0.1) is 0 Å². The summed E-state index contributed by atoms with van der Waals surface area (Å²) in [4.78, 5) is 55.8. The third kappa shape index (κ3) is 9.75. The van der Waals surface area contributed by atoms with Gasteiger partial charge in [0.05, 0.1) is 12.1 Å².